The number of hydrogen-bond acceptors (Lipinski definition) is 7. The Morgan fingerprint density at radius 2 is 2.00 bits per heavy atom. The molecule has 4 aromatic rings. The molecule has 0 spiro atoms. The van der Waals surface area contributed by atoms with Gasteiger partial charge in [0.05, 0.1) is 15.9 Å². The lowest BCUT2D eigenvalue weighted by molar-refractivity contribution is 1.27. The van der Waals surface area contributed by atoms with Crippen LogP contribution in [0.4, 0.5) is 10.3 Å². The molecule has 7 heteroatoms. The SMILES string of the molecule is CSc1ccc2nc(Nc3nc(-c4ccccn4)cs3)sc2c1. The van der Waals surface area contributed by atoms with Crippen molar-refractivity contribution in [1.29, 1.82) is 0 Å². The van der Waals surface area contributed by atoms with Crippen LogP contribution in [-0.4, -0.2) is 21.2 Å². The van der Waals surface area contributed by atoms with E-state index in [4.69, 9.17) is 0 Å². The van der Waals surface area contributed by atoms with Crippen LogP contribution in [0.25, 0.3) is 21.6 Å². The van der Waals surface area contributed by atoms with Gasteiger partial charge < -0.3 is 5.32 Å². The van der Waals surface area contributed by atoms with Crippen molar-refractivity contribution in [2.75, 3.05) is 11.6 Å². The van der Waals surface area contributed by atoms with Crippen molar-refractivity contribution < 1.29 is 0 Å². The molecule has 114 valence electrons. The summed E-state index contributed by atoms with van der Waals surface area (Å²) in [4.78, 5) is 14.8. The van der Waals surface area contributed by atoms with Gasteiger partial charge in [-0.25, -0.2) is 9.97 Å². The van der Waals surface area contributed by atoms with Gasteiger partial charge in [0.2, 0.25) is 0 Å². The number of hydrogen-bond donors (Lipinski definition) is 1. The lowest BCUT2D eigenvalue weighted by Crippen LogP contribution is -1.88. The first-order valence-corrected chi connectivity index (χ1v) is 9.82. The Balaban J connectivity index is 1.60. The van der Waals surface area contributed by atoms with Gasteiger partial charge in [-0.05, 0) is 36.6 Å². The molecule has 0 bridgehead atoms. The van der Waals surface area contributed by atoms with Gasteiger partial charge in [-0.2, -0.15) is 0 Å². The van der Waals surface area contributed by atoms with Gasteiger partial charge in [0.25, 0.3) is 0 Å². The fourth-order valence-electron chi connectivity index (χ4n) is 2.14. The third-order valence-corrected chi connectivity index (χ3v) is 5.66. The first-order valence-electron chi connectivity index (χ1n) is 6.90. The van der Waals surface area contributed by atoms with E-state index >= 15 is 0 Å². The fraction of sp³-hybridized carbons (Fsp3) is 0.0625. The Labute approximate surface area is 145 Å². The van der Waals surface area contributed by atoms with E-state index < -0.39 is 0 Å². The molecular weight excluding hydrogens is 344 g/mol. The Morgan fingerprint density at radius 1 is 1.04 bits per heavy atom. The zero-order valence-electron chi connectivity index (χ0n) is 12.2. The topological polar surface area (TPSA) is 50.7 Å². The first-order chi connectivity index (χ1) is 11.3. The van der Waals surface area contributed by atoms with E-state index in [0.717, 1.165) is 27.2 Å². The third-order valence-electron chi connectivity index (χ3n) is 3.24. The molecule has 0 saturated heterocycles. The summed E-state index contributed by atoms with van der Waals surface area (Å²) >= 11 is 4.94. The van der Waals surface area contributed by atoms with Crippen molar-refractivity contribution in [2.45, 2.75) is 4.90 Å². The third kappa shape index (κ3) is 3.08. The Hall–Kier alpha value is -1.96. The molecule has 4 rings (SSSR count). The number of fused-ring (bicyclic) bond motifs is 1. The van der Waals surface area contributed by atoms with E-state index in [1.807, 2.05) is 23.6 Å². The van der Waals surface area contributed by atoms with Gasteiger partial charge in [0, 0.05) is 16.5 Å². The van der Waals surface area contributed by atoms with E-state index in [2.05, 4.69) is 44.7 Å². The van der Waals surface area contributed by atoms with Crippen LogP contribution in [0, 0.1) is 0 Å². The van der Waals surface area contributed by atoms with Crippen LogP contribution in [-0.2, 0) is 0 Å². The molecule has 1 aromatic carbocycles. The summed E-state index contributed by atoms with van der Waals surface area (Å²) in [7, 11) is 0. The highest BCUT2D eigenvalue weighted by molar-refractivity contribution is 7.98. The monoisotopic (exact) mass is 356 g/mol. The Kier molecular flexibility index (Phi) is 3.99. The van der Waals surface area contributed by atoms with E-state index in [9.17, 15) is 0 Å². The molecule has 0 radical (unpaired) electrons. The number of nitrogens with one attached hydrogen (secondary N) is 1. The molecule has 0 aliphatic carbocycles. The summed E-state index contributed by atoms with van der Waals surface area (Å²) in [6.45, 7) is 0. The Morgan fingerprint density at radius 3 is 2.83 bits per heavy atom. The summed E-state index contributed by atoms with van der Waals surface area (Å²) in [6, 6.07) is 12.2. The number of thioether (sulfide) groups is 1. The van der Waals surface area contributed by atoms with Crippen molar-refractivity contribution in [1.82, 2.24) is 15.0 Å². The highest BCUT2D eigenvalue weighted by atomic mass is 32.2. The second-order valence-electron chi connectivity index (χ2n) is 4.73. The lowest BCUT2D eigenvalue weighted by atomic mass is 10.3. The minimum Gasteiger partial charge on any atom is -0.307 e. The van der Waals surface area contributed by atoms with Crippen molar-refractivity contribution in [3.05, 3.63) is 48.0 Å². The summed E-state index contributed by atoms with van der Waals surface area (Å²) in [6.07, 6.45) is 3.86. The van der Waals surface area contributed by atoms with Crippen LogP contribution in [0.1, 0.15) is 0 Å². The average Bonchev–Trinajstić information content (AvgIpc) is 3.21. The van der Waals surface area contributed by atoms with Crippen molar-refractivity contribution in [3.63, 3.8) is 0 Å². The fourth-order valence-corrected chi connectivity index (χ4v) is 4.33. The molecular formula is C16H12N4S3. The standard InChI is InChI=1S/C16H12N4S3/c1-21-10-5-6-12-14(8-10)23-16(18-12)20-15-19-13(9-22-15)11-4-2-3-7-17-11/h2-9H,1H3,(H,18,19,20). The van der Waals surface area contributed by atoms with Crippen LogP contribution in [0.2, 0.25) is 0 Å². The summed E-state index contributed by atoms with van der Waals surface area (Å²) in [5.41, 5.74) is 2.77. The maximum Gasteiger partial charge on any atom is 0.190 e. The first kappa shape index (κ1) is 14.6. The van der Waals surface area contributed by atoms with Crippen molar-refractivity contribution >= 4 is 54.9 Å². The maximum absolute atomic E-state index is 4.61. The summed E-state index contributed by atoms with van der Waals surface area (Å²) in [5.74, 6) is 0. The van der Waals surface area contributed by atoms with E-state index in [0.29, 0.717) is 0 Å². The van der Waals surface area contributed by atoms with Gasteiger partial charge in [-0.1, -0.05) is 17.4 Å². The van der Waals surface area contributed by atoms with E-state index in [-0.39, 0.29) is 0 Å². The number of thiazole rings is 2. The zero-order chi connectivity index (χ0) is 15.6. The largest absolute Gasteiger partial charge is 0.307 e. The second-order valence-corrected chi connectivity index (χ2v) is 7.50. The number of aromatic nitrogens is 3. The normalized spacial score (nSPS) is 11.0. The van der Waals surface area contributed by atoms with Crippen LogP contribution in [0.15, 0.2) is 52.9 Å². The number of anilines is 2. The minimum absolute atomic E-state index is 0.829. The quantitative estimate of drug-likeness (QED) is 0.504. The smallest absolute Gasteiger partial charge is 0.190 e. The molecule has 23 heavy (non-hydrogen) atoms. The van der Waals surface area contributed by atoms with Crippen LogP contribution < -0.4 is 5.32 Å². The maximum atomic E-state index is 4.61. The van der Waals surface area contributed by atoms with Gasteiger partial charge in [-0.3, -0.25) is 4.98 Å². The van der Waals surface area contributed by atoms with Gasteiger partial charge in [0.1, 0.15) is 5.69 Å². The number of benzene rings is 1. The summed E-state index contributed by atoms with van der Waals surface area (Å²) < 4.78 is 1.18. The van der Waals surface area contributed by atoms with Crippen LogP contribution >= 0.6 is 34.4 Å². The van der Waals surface area contributed by atoms with Crippen LogP contribution in [0.5, 0.6) is 0 Å². The molecule has 0 unspecified atom stereocenters. The molecule has 1 N–H and O–H groups in total. The number of rotatable bonds is 4. The Bertz CT molecular complexity index is 946. The predicted molar refractivity (Wildman–Crippen MR) is 100 cm³/mol. The highest BCUT2D eigenvalue weighted by Gasteiger charge is 2.09. The molecule has 0 amide bonds. The molecule has 0 saturated carbocycles. The van der Waals surface area contributed by atoms with Crippen molar-refractivity contribution in [3.8, 4) is 11.4 Å². The molecule has 3 heterocycles. The van der Waals surface area contributed by atoms with E-state index in [1.165, 1.54) is 9.60 Å². The van der Waals surface area contributed by atoms with Gasteiger partial charge >= 0.3 is 0 Å². The van der Waals surface area contributed by atoms with E-state index in [1.54, 1.807) is 40.6 Å². The van der Waals surface area contributed by atoms with Crippen molar-refractivity contribution in [2.24, 2.45) is 0 Å². The minimum atomic E-state index is 0.829. The molecule has 0 atom stereocenters. The molecule has 3 aromatic heterocycles. The summed E-state index contributed by atoms with van der Waals surface area (Å²) in [5, 5.41) is 6.99. The molecule has 0 aliphatic rings. The molecule has 0 aliphatic heterocycles. The number of pyridine rings is 1. The molecule has 4 nitrogen and oxygen atoms in total. The second kappa shape index (κ2) is 6.27. The number of nitrogens with zero attached hydrogens (tertiary/aromatic N) is 3. The van der Waals surface area contributed by atoms with Crippen LogP contribution in [0.3, 0.4) is 0 Å². The van der Waals surface area contributed by atoms with Gasteiger partial charge in [-0.15, -0.1) is 23.1 Å². The average molecular weight is 357 g/mol. The predicted octanol–water partition coefficient (Wildman–Crippen LogP) is 5.28. The van der Waals surface area contributed by atoms with Gasteiger partial charge in [0.15, 0.2) is 10.3 Å². The lowest BCUT2D eigenvalue weighted by Gasteiger charge is -1.95. The zero-order valence-corrected chi connectivity index (χ0v) is 14.6. The molecule has 0 fully saturated rings. The highest BCUT2D eigenvalue weighted by Crippen LogP contribution is 2.32.